The van der Waals surface area contributed by atoms with Crippen molar-refractivity contribution in [1.29, 1.82) is 0 Å². The van der Waals surface area contributed by atoms with Gasteiger partial charge in [-0.1, -0.05) is 23.7 Å². The molecule has 0 unspecified atom stereocenters. The summed E-state index contributed by atoms with van der Waals surface area (Å²) in [7, 11) is 4.07. The average molecular weight is 225 g/mol. The van der Waals surface area contributed by atoms with Gasteiger partial charge in [-0.05, 0) is 36.5 Å². The zero-order valence-electron chi connectivity index (χ0n) is 9.20. The maximum Gasteiger partial charge on any atom is 0.0408 e. The second kappa shape index (κ2) is 4.52. The highest BCUT2D eigenvalue weighted by atomic mass is 35.5. The lowest BCUT2D eigenvalue weighted by Crippen LogP contribution is -2.46. The standard InChI is InChI=1S/C12H17ClN2/c1-15(2)14-12-7-10(8-12)9-4-3-5-11(13)6-9/h3-6,10,12,14H,7-8H2,1-2H3. The fourth-order valence-corrected chi connectivity index (χ4v) is 2.32. The van der Waals surface area contributed by atoms with Gasteiger partial charge in [-0.15, -0.1) is 0 Å². The van der Waals surface area contributed by atoms with Crippen LogP contribution >= 0.6 is 11.6 Å². The van der Waals surface area contributed by atoms with Crippen molar-refractivity contribution in [1.82, 2.24) is 10.4 Å². The van der Waals surface area contributed by atoms with Crippen molar-refractivity contribution in [3.8, 4) is 0 Å². The van der Waals surface area contributed by atoms with Gasteiger partial charge in [-0.25, -0.2) is 0 Å². The number of hydrogen-bond acceptors (Lipinski definition) is 2. The number of benzene rings is 1. The van der Waals surface area contributed by atoms with Crippen molar-refractivity contribution in [3.63, 3.8) is 0 Å². The van der Waals surface area contributed by atoms with E-state index < -0.39 is 0 Å². The highest BCUT2D eigenvalue weighted by Crippen LogP contribution is 2.37. The van der Waals surface area contributed by atoms with Gasteiger partial charge in [0.25, 0.3) is 0 Å². The van der Waals surface area contributed by atoms with E-state index in [2.05, 4.69) is 17.6 Å². The molecule has 2 nitrogen and oxygen atoms in total. The first-order chi connectivity index (χ1) is 7.15. The molecule has 0 atom stereocenters. The quantitative estimate of drug-likeness (QED) is 0.795. The Kier molecular flexibility index (Phi) is 3.29. The number of halogens is 1. The molecule has 1 fully saturated rings. The second-order valence-corrected chi connectivity index (χ2v) is 4.88. The van der Waals surface area contributed by atoms with Gasteiger partial charge in [-0.2, -0.15) is 0 Å². The van der Waals surface area contributed by atoms with E-state index in [4.69, 9.17) is 11.6 Å². The van der Waals surface area contributed by atoms with Crippen LogP contribution in [0.25, 0.3) is 0 Å². The first-order valence-electron chi connectivity index (χ1n) is 5.34. The SMILES string of the molecule is CN(C)NC1CC(c2cccc(Cl)c2)C1. The van der Waals surface area contributed by atoms with Gasteiger partial charge >= 0.3 is 0 Å². The summed E-state index contributed by atoms with van der Waals surface area (Å²) >= 11 is 5.97. The van der Waals surface area contributed by atoms with E-state index in [0.29, 0.717) is 12.0 Å². The van der Waals surface area contributed by atoms with Crippen LogP contribution in [0.1, 0.15) is 24.3 Å². The molecular formula is C12H17ClN2. The summed E-state index contributed by atoms with van der Waals surface area (Å²) in [6.07, 6.45) is 2.41. The van der Waals surface area contributed by atoms with Gasteiger partial charge in [0.15, 0.2) is 0 Å². The zero-order valence-corrected chi connectivity index (χ0v) is 9.96. The number of nitrogens with one attached hydrogen (secondary N) is 1. The lowest BCUT2D eigenvalue weighted by atomic mass is 9.76. The van der Waals surface area contributed by atoms with Gasteiger partial charge in [0.2, 0.25) is 0 Å². The van der Waals surface area contributed by atoms with E-state index in [-0.39, 0.29) is 0 Å². The normalized spacial score (nSPS) is 25.3. The molecule has 0 aliphatic heterocycles. The van der Waals surface area contributed by atoms with Crippen molar-refractivity contribution >= 4 is 11.6 Å². The van der Waals surface area contributed by atoms with Crippen molar-refractivity contribution in [2.24, 2.45) is 0 Å². The van der Waals surface area contributed by atoms with Crippen molar-refractivity contribution in [2.45, 2.75) is 24.8 Å². The van der Waals surface area contributed by atoms with E-state index in [1.807, 2.05) is 31.2 Å². The summed E-state index contributed by atoms with van der Waals surface area (Å²) < 4.78 is 0. The van der Waals surface area contributed by atoms with Crippen molar-refractivity contribution in [2.75, 3.05) is 14.1 Å². The molecule has 2 rings (SSSR count). The Labute approximate surface area is 96.2 Å². The molecule has 0 amide bonds. The minimum absolute atomic E-state index is 0.629. The molecule has 0 heterocycles. The second-order valence-electron chi connectivity index (χ2n) is 4.44. The largest absolute Gasteiger partial charge is 0.253 e. The minimum atomic E-state index is 0.629. The Balaban J connectivity index is 1.89. The molecule has 0 saturated heterocycles. The van der Waals surface area contributed by atoms with Crippen LogP contribution in [0.15, 0.2) is 24.3 Å². The third-order valence-electron chi connectivity index (χ3n) is 2.90. The van der Waals surface area contributed by atoms with Crippen LogP contribution in [0.4, 0.5) is 0 Å². The molecule has 1 N–H and O–H groups in total. The van der Waals surface area contributed by atoms with Crippen LogP contribution in [-0.4, -0.2) is 25.1 Å². The minimum Gasteiger partial charge on any atom is -0.253 e. The average Bonchev–Trinajstić information content (AvgIpc) is 2.10. The smallest absolute Gasteiger partial charge is 0.0408 e. The van der Waals surface area contributed by atoms with Crippen LogP contribution in [0.5, 0.6) is 0 Å². The van der Waals surface area contributed by atoms with Gasteiger partial charge < -0.3 is 0 Å². The molecule has 0 aromatic heterocycles. The molecular weight excluding hydrogens is 208 g/mol. The number of hydrogen-bond donors (Lipinski definition) is 1. The van der Waals surface area contributed by atoms with Gasteiger partial charge in [0.05, 0.1) is 0 Å². The summed E-state index contributed by atoms with van der Waals surface area (Å²) in [6.45, 7) is 0. The third kappa shape index (κ3) is 2.71. The summed E-state index contributed by atoms with van der Waals surface area (Å²) in [5, 5.41) is 2.87. The summed E-state index contributed by atoms with van der Waals surface area (Å²) in [5.74, 6) is 0.682. The summed E-state index contributed by atoms with van der Waals surface area (Å²) in [4.78, 5) is 0. The Bertz CT molecular complexity index is 332. The maximum atomic E-state index is 5.97. The zero-order chi connectivity index (χ0) is 10.8. The predicted molar refractivity (Wildman–Crippen MR) is 64.0 cm³/mol. The lowest BCUT2D eigenvalue weighted by molar-refractivity contribution is 0.165. The lowest BCUT2D eigenvalue weighted by Gasteiger charge is -2.38. The third-order valence-corrected chi connectivity index (χ3v) is 3.13. The van der Waals surface area contributed by atoms with E-state index in [1.165, 1.54) is 18.4 Å². The summed E-state index contributed by atoms with van der Waals surface area (Å²) in [5.41, 5.74) is 4.77. The van der Waals surface area contributed by atoms with Gasteiger partial charge in [0.1, 0.15) is 0 Å². The highest BCUT2D eigenvalue weighted by molar-refractivity contribution is 6.30. The topological polar surface area (TPSA) is 15.3 Å². The van der Waals surface area contributed by atoms with Crippen LogP contribution < -0.4 is 5.43 Å². The van der Waals surface area contributed by atoms with Crippen molar-refractivity contribution < 1.29 is 0 Å². The highest BCUT2D eigenvalue weighted by Gasteiger charge is 2.30. The van der Waals surface area contributed by atoms with Crippen LogP contribution in [-0.2, 0) is 0 Å². The number of nitrogens with zero attached hydrogens (tertiary/aromatic N) is 1. The molecule has 0 spiro atoms. The molecule has 1 aromatic carbocycles. The first-order valence-corrected chi connectivity index (χ1v) is 5.72. The maximum absolute atomic E-state index is 5.97. The molecule has 3 heteroatoms. The van der Waals surface area contributed by atoms with E-state index in [9.17, 15) is 0 Å². The molecule has 1 aromatic rings. The van der Waals surface area contributed by atoms with E-state index in [1.54, 1.807) is 0 Å². The van der Waals surface area contributed by atoms with Gasteiger partial charge in [0, 0.05) is 25.2 Å². The van der Waals surface area contributed by atoms with Crippen molar-refractivity contribution in [3.05, 3.63) is 34.9 Å². The molecule has 15 heavy (non-hydrogen) atoms. The Morgan fingerprint density at radius 2 is 2.07 bits per heavy atom. The molecule has 82 valence electrons. The molecule has 1 aliphatic carbocycles. The molecule has 1 saturated carbocycles. The van der Waals surface area contributed by atoms with E-state index in [0.717, 1.165) is 5.02 Å². The fraction of sp³-hybridized carbons (Fsp3) is 0.500. The fourth-order valence-electron chi connectivity index (χ4n) is 2.12. The Morgan fingerprint density at radius 3 is 2.67 bits per heavy atom. The summed E-state index contributed by atoms with van der Waals surface area (Å²) in [6, 6.07) is 8.84. The Morgan fingerprint density at radius 1 is 1.33 bits per heavy atom. The monoisotopic (exact) mass is 224 g/mol. The number of rotatable bonds is 3. The Hall–Kier alpha value is -0.570. The first kappa shape index (κ1) is 10.9. The molecule has 0 bridgehead atoms. The predicted octanol–water partition coefficient (Wildman–Crippen LogP) is 2.65. The van der Waals surface area contributed by atoms with Crippen LogP contribution in [0.3, 0.4) is 0 Å². The van der Waals surface area contributed by atoms with Crippen LogP contribution in [0, 0.1) is 0 Å². The van der Waals surface area contributed by atoms with Gasteiger partial charge in [-0.3, -0.25) is 10.4 Å². The van der Waals surface area contributed by atoms with Crippen LogP contribution in [0.2, 0.25) is 5.02 Å². The molecule has 0 radical (unpaired) electrons. The van der Waals surface area contributed by atoms with E-state index >= 15 is 0 Å². The molecule has 1 aliphatic rings. The number of hydrazine groups is 1.